The van der Waals surface area contributed by atoms with E-state index in [9.17, 15) is 9.18 Å². The highest BCUT2D eigenvalue weighted by atomic mass is 35.5. The zero-order valence-corrected chi connectivity index (χ0v) is 11.2. The van der Waals surface area contributed by atoms with Gasteiger partial charge in [-0.25, -0.2) is 4.39 Å². The van der Waals surface area contributed by atoms with Crippen molar-refractivity contribution in [3.8, 4) is 0 Å². The van der Waals surface area contributed by atoms with Crippen LogP contribution in [-0.4, -0.2) is 10.4 Å². The summed E-state index contributed by atoms with van der Waals surface area (Å²) in [6, 6.07) is 6.58. The van der Waals surface area contributed by atoms with Crippen molar-refractivity contribution in [3.63, 3.8) is 0 Å². The predicted octanol–water partition coefficient (Wildman–Crippen LogP) is 3.67. The van der Waals surface area contributed by atoms with E-state index in [2.05, 4.69) is 0 Å². The van der Waals surface area contributed by atoms with Gasteiger partial charge in [-0.2, -0.15) is 0 Å². The molecule has 0 atom stereocenters. The Morgan fingerprint density at radius 1 is 1.22 bits per heavy atom. The van der Waals surface area contributed by atoms with Crippen LogP contribution in [-0.2, 0) is 7.05 Å². The Bertz CT molecular complexity index is 588. The fraction of sp³-hybridized carbons (Fsp3) is 0.214. The molecule has 0 N–H and O–H groups in total. The van der Waals surface area contributed by atoms with Gasteiger partial charge < -0.3 is 4.57 Å². The molecule has 0 aliphatic heterocycles. The normalized spacial score (nSPS) is 10.7. The summed E-state index contributed by atoms with van der Waals surface area (Å²) in [6.45, 7) is 3.27. The Hall–Kier alpha value is -1.61. The molecule has 2 aromatic rings. The first kappa shape index (κ1) is 12.8. The first-order chi connectivity index (χ1) is 8.43. The molecule has 4 heteroatoms. The molecule has 2 rings (SSSR count). The Balaban J connectivity index is 2.53. The van der Waals surface area contributed by atoms with Crippen molar-refractivity contribution < 1.29 is 9.18 Å². The molecule has 1 heterocycles. The van der Waals surface area contributed by atoms with Crippen molar-refractivity contribution in [2.24, 2.45) is 7.05 Å². The highest BCUT2D eigenvalue weighted by Gasteiger charge is 2.21. The van der Waals surface area contributed by atoms with Gasteiger partial charge in [0.25, 0.3) is 0 Å². The summed E-state index contributed by atoms with van der Waals surface area (Å²) in [6.07, 6.45) is 0. The van der Waals surface area contributed by atoms with Gasteiger partial charge in [0.1, 0.15) is 5.82 Å². The maximum Gasteiger partial charge on any atom is 0.209 e. The topological polar surface area (TPSA) is 22.0 Å². The molecule has 0 saturated heterocycles. The SMILES string of the molecule is Cc1c(F)c(C)n(C)c1C(=O)c1ccc(Cl)cc1. The second kappa shape index (κ2) is 4.58. The summed E-state index contributed by atoms with van der Waals surface area (Å²) in [5.74, 6) is -0.520. The van der Waals surface area contributed by atoms with Gasteiger partial charge in [-0.3, -0.25) is 4.79 Å². The van der Waals surface area contributed by atoms with Crippen LogP contribution < -0.4 is 0 Å². The van der Waals surface area contributed by atoms with Crippen LogP contribution in [0.25, 0.3) is 0 Å². The van der Waals surface area contributed by atoms with Crippen molar-refractivity contribution in [2.75, 3.05) is 0 Å². The quantitative estimate of drug-likeness (QED) is 0.760. The van der Waals surface area contributed by atoms with E-state index >= 15 is 0 Å². The van der Waals surface area contributed by atoms with E-state index < -0.39 is 0 Å². The van der Waals surface area contributed by atoms with Crippen LogP contribution in [0.5, 0.6) is 0 Å². The lowest BCUT2D eigenvalue weighted by Gasteiger charge is -2.05. The van der Waals surface area contributed by atoms with E-state index in [0.29, 0.717) is 27.5 Å². The van der Waals surface area contributed by atoms with Gasteiger partial charge in [-0.15, -0.1) is 0 Å². The summed E-state index contributed by atoms with van der Waals surface area (Å²) in [5.41, 5.74) is 1.73. The number of aromatic nitrogens is 1. The second-order valence-electron chi connectivity index (χ2n) is 4.27. The van der Waals surface area contributed by atoms with Gasteiger partial charge in [0.15, 0.2) is 0 Å². The highest BCUT2D eigenvalue weighted by molar-refractivity contribution is 6.30. The summed E-state index contributed by atoms with van der Waals surface area (Å²) >= 11 is 5.78. The number of halogens is 2. The molecule has 18 heavy (non-hydrogen) atoms. The number of carbonyl (C=O) groups is 1. The maximum absolute atomic E-state index is 13.8. The third kappa shape index (κ3) is 1.95. The first-order valence-corrected chi connectivity index (χ1v) is 5.93. The Kier molecular flexibility index (Phi) is 3.26. The number of hydrogen-bond donors (Lipinski definition) is 0. The molecule has 94 valence electrons. The molecule has 0 unspecified atom stereocenters. The molecule has 1 aromatic carbocycles. The molecule has 0 aliphatic carbocycles. The van der Waals surface area contributed by atoms with E-state index in [1.165, 1.54) is 0 Å². The molecule has 0 spiro atoms. The minimum absolute atomic E-state index is 0.196. The summed E-state index contributed by atoms with van der Waals surface area (Å²) in [5, 5.41) is 0.567. The minimum Gasteiger partial charge on any atom is -0.342 e. The second-order valence-corrected chi connectivity index (χ2v) is 4.70. The monoisotopic (exact) mass is 265 g/mol. The van der Waals surface area contributed by atoms with E-state index in [0.717, 1.165) is 0 Å². The lowest BCUT2D eigenvalue weighted by molar-refractivity contribution is 0.103. The molecule has 2 nitrogen and oxygen atoms in total. The van der Waals surface area contributed by atoms with Gasteiger partial charge in [0, 0.05) is 23.2 Å². The molecule has 0 radical (unpaired) electrons. The smallest absolute Gasteiger partial charge is 0.209 e. The summed E-state index contributed by atoms with van der Waals surface area (Å²) in [7, 11) is 1.69. The largest absolute Gasteiger partial charge is 0.342 e. The molecule has 0 aliphatic rings. The van der Waals surface area contributed by atoms with Crippen molar-refractivity contribution >= 4 is 17.4 Å². The van der Waals surface area contributed by atoms with Crippen LogP contribution >= 0.6 is 11.6 Å². The van der Waals surface area contributed by atoms with Gasteiger partial charge in [0.05, 0.1) is 11.4 Å². The molecule has 0 fully saturated rings. The molecule has 0 saturated carbocycles. The van der Waals surface area contributed by atoms with Crippen LogP contribution in [0.15, 0.2) is 24.3 Å². The zero-order valence-electron chi connectivity index (χ0n) is 10.4. The van der Waals surface area contributed by atoms with Gasteiger partial charge in [-0.1, -0.05) is 11.6 Å². The maximum atomic E-state index is 13.8. The number of rotatable bonds is 2. The van der Waals surface area contributed by atoms with Crippen LogP contribution in [0.3, 0.4) is 0 Å². The number of carbonyl (C=O) groups excluding carboxylic acids is 1. The average Bonchev–Trinajstić information content (AvgIpc) is 2.54. The van der Waals surface area contributed by atoms with Gasteiger partial charge >= 0.3 is 0 Å². The molecule has 0 bridgehead atoms. The van der Waals surface area contributed by atoms with Crippen molar-refractivity contribution in [1.82, 2.24) is 4.57 Å². The highest BCUT2D eigenvalue weighted by Crippen LogP contribution is 2.22. The molecular weight excluding hydrogens is 253 g/mol. The predicted molar refractivity (Wildman–Crippen MR) is 69.7 cm³/mol. The molecule has 1 aromatic heterocycles. The first-order valence-electron chi connectivity index (χ1n) is 5.55. The molecule has 0 amide bonds. The number of nitrogens with zero attached hydrogens (tertiary/aromatic N) is 1. The minimum atomic E-state index is -0.324. The van der Waals surface area contributed by atoms with Crippen LogP contribution in [0.4, 0.5) is 4.39 Å². The van der Waals surface area contributed by atoms with E-state index in [1.807, 2.05) is 0 Å². The van der Waals surface area contributed by atoms with E-state index in [-0.39, 0.29) is 11.6 Å². The van der Waals surface area contributed by atoms with Crippen LogP contribution in [0, 0.1) is 19.7 Å². The van der Waals surface area contributed by atoms with Gasteiger partial charge in [-0.05, 0) is 38.1 Å². The third-order valence-electron chi connectivity index (χ3n) is 3.16. The van der Waals surface area contributed by atoms with Crippen molar-refractivity contribution in [1.29, 1.82) is 0 Å². The fourth-order valence-electron chi connectivity index (χ4n) is 2.00. The lowest BCUT2D eigenvalue weighted by Crippen LogP contribution is -2.09. The zero-order chi connectivity index (χ0) is 13.4. The van der Waals surface area contributed by atoms with Crippen LogP contribution in [0.1, 0.15) is 27.3 Å². The Morgan fingerprint density at radius 2 is 1.78 bits per heavy atom. The fourth-order valence-corrected chi connectivity index (χ4v) is 2.13. The van der Waals surface area contributed by atoms with E-state index in [1.54, 1.807) is 49.7 Å². The summed E-state index contributed by atoms with van der Waals surface area (Å²) in [4.78, 5) is 12.3. The van der Waals surface area contributed by atoms with Crippen molar-refractivity contribution in [3.05, 3.63) is 57.6 Å². The third-order valence-corrected chi connectivity index (χ3v) is 3.41. The van der Waals surface area contributed by atoms with E-state index in [4.69, 9.17) is 11.6 Å². The Labute approximate surface area is 110 Å². The Morgan fingerprint density at radius 3 is 2.22 bits per heavy atom. The number of benzene rings is 1. The summed E-state index contributed by atoms with van der Waals surface area (Å²) < 4.78 is 15.3. The standard InChI is InChI=1S/C14H13ClFNO/c1-8-12(16)9(2)17(3)13(8)14(18)10-4-6-11(15)7-5-10/h4-7H,1-3H3. The lowest BCUT2D eigenvalue weighted by atomic mass is 10.1. The van der Waals surface area contributed by atoms with Crippen LogP contribution in [0.2, 0.25) is 5.02 Å². The average molecular weight is 266 g/mol. The van der Waals surface area contributed by atoms with Gasteiger partial charge in [0.2, 0.25) is 5.78 Å². The molecular formula is C14H13ClFNO. The number of ketones is 1. The van der Waals surface area contributed by atoms with Crippen molar-refractivity contribution in [2.45, 2.75) is 13.8 Å². The number of hydrogen-bond acceptors (Lipinski definition) is 1.